The zero-order chi connectivity index (χ0) is 25.2. The van der Waals surface area contributed by atoms with Crippen molar-refractivity contribution in [3.05, 3.63) is 54.1 Å². The van der Waals surface area contributed by atoms with Gasteiger partial charge in [0.05, 0.1) is 23.5 Å². The molecule has 1 aliphatic heterocycles. The van der Waals surface area contributed by atoms with Crippen molar-refractivity contribution in [3.8, 4) is 17.2 Å². The van der Waals surface area contributed by atoms with Gasteiger partial charge in [-0.15, -0.1) is 5.10 Å². The van der Waals surface area contributed by atoms with Gasteiger partial charge in [-0.3, -0.25) is 10.1 Å². The molecular weight excluding hydrogens is 489 g/mol. The number of amides is 1. The molecule has 0 spiro atoms. The maximum atomic E-state index is 13.0. The normalized spacial score (nSPS) is 17.2. The first-order valence-corrected chi connectivity index (χ1v) is 12.0. The molecule has 1 unspecified atom stereocenters. The second-order valence-electron chi connectivity index (χ2n) is 7.85. The lowest BCUT2D eigenvalue weighted by Crippen LogP contribution is -2.43. The molecule has 1 atom stereocenters. The Hall–Kier alpha value is -3.45. The number of aromatic nitrogens is 2. The molecule has 1 amide bonds. The highest BCUT2D eigenvalue weighted by Gasteiger charge is 2.34. The van der Waals surface area contributed by atoms with E-state index in [4.69, 9.17) is 9.15 Å². The lowest BCUT2D eigenvalue weighted by molar-refractivity contribution is -0.137. The molecule has 0 saturated carbocycles. The van der Waals surface area contributed by atoms with Crippen LogP contribution in [0.2, 0.25) is 0 Å². The van der Waals surface area contributed by atoms with Crippen molar-refractivity contribution in [2.45, 2.75) is 23.9 Å². The van der Waals surface area contributed by atoms with Crippen molar-refractivity contribution in [3.63, 3.8) is 0 Å². The van der Waals surface area contributed by atoms with Crippen LogP contribution in [0.15, 0.2) is 57.8 Å². The number of halogens is 3. The number of piperidine rings is 1. The van der Waals surface area contributed by atoms with E-state index in [2.05, 4.69) is 15.5 Å². The number of benzene rings is 2. The number of methoxy groups -OCH3 is 1. The summed E-state index contributed by atoms with van der Waals surface area (Å²) in [5.74, 6) is -0.697. The fraction of sp³-hybridized carbons (Fsp3) is 0.318. The van der Waals surface area contributed by atoms with E-state index < -0.39 is 33.6 Å². The first-order valence-electron chi connectivity index (χ1n) is 10.5. The molecule has 0 aliphatic carbocycles. The van der Waals surface area contributed by atoms with Gasteiger partial charge < -0.3 is 9.15 Å². The molecule has 35 heavy (non-hydrogen) atoms. The van der Waals surface area contributed by atoms with Crippen molar-refractivity contribution in [1.29, 1.82) is 0 Å². The number of alkyl halides is 3. The predicted molar refractivity (Wildman–Crippen MR) is 118 cm³/mol. The molecule has 1 fully saturated rings. The number of hydrogen-bond acceptors (Lipinski definition) is 7. The third kappa shape index (κ3) is 5.46. The summed E-state index contributed by atoms with van der Waals surface area (Å²) < 4.78 is 75.9. The van der Waals surface area contributed by atoms with Crippen LogP contribution in [-0.4, -0.2) is 49.0 Å². The number of carbonyl (C=O) groups is 1. The van der Waals surface area contributed by atoms with Crippen LogP contribution in [0.25, 0.3) is 11.5 Å². The first-order chi connectivity index (χ1) is 16.6. The number of nitrogens with one attached hydrogen (secondary N) is 1. The standard InChI is InChI=1S/C22H21F3N4O5S/c1-33-17-8-10-18(11-9-17)35(31,32)29-12-2-3-15(13-29)19(30)26-21-28-27-20(34-21)14-4-6-16(7-5-14)22(23,24)25/h4-11,15H,2-3,12-13H2,1H3,(H,26,28,30). The van der Waals surface area contributed by atoms with Gasteiger partial charge in [0.15, 0.2) is 0 Å². The van der Waals surface area contributed by atoms with E-state index in [9.17, 15) is 26.4 Å². The van der Waals surface area contributed by atoms with Crippen molar-refractivity contribution in [2.75, 3.05) is 25.5 Å². The molecule has 3 aromatic rings. The van der Waals surface area contributed by atoms with Crippen molar-refractivity contribution in [2.24, 2.45) is 5.92 Å². The van der Waals surface area contributed by atoms with Gasteiger partial charge in [-0.05, 0) is 61.4 Å². The van der Waals surface area contributed by atoms with Crippen LogP contribution in [0, 0.1) is 5.92 Å². The van der Waals surface area contributed by atoms with Gasteiger partial charge in [-0.2, -0.15) is 17.5 Å². The Bertz CT molecular complexity index is 1290. The highest BCUT2D eigenvalue weighted by atomic mass is 32.2. The largest absolute Gasteiger partial charge is 0.497 e. The van der Waals surface area contributed by atoms with Crippen LogP contribution >= 0.6 is 0 Å². The maximum absolute atomic E-state index is 13.0. The Morgan fingerprint density at radius 2 is 1.80 bits per heavy atom. The highest BCUT2D eigenvalue weighted by molar-refractivity contribution is 7.89. The summed E-state index contributed by atoms with van der Waals surface area (Å²) >= 11 is 0. The summed E-state index contributed by atoms with van der Waals surface area (Å²) in [5, 5.41) is 9.94. The summed E-state index contributed by atoms with van der Waals surface area (Å²) in [6.45, 7) is 0.247. The summed E-state index contributed by atoms with van der Waals surface area (Å²) in [6, 6.07) is 9.89. The Morgan fingerprint density at radius 3 is 2.43 bits per heavy atom. The van der Waals surface area contributed by atoms with Crippen LogP contribution in [0.5, 0.6) is 5.75 Å². The van der Waals surface area contributed by atoms with E-state index in [0.717, 1.165) is 12.1 Å². The van der Waals surface area contributed by atoms with E-state index in [1.54, 1.807) is 12.1 Å². The number of hydrogen-bond donors (Lipinski definition) is 1. The van der Waals surface area contributed by atoms with Gasteiger partial charge in [-0.25, -0.2) is 8.42 Å². The molecule has 13 heteroatoms. The van der Waals surface area contributed by atoms with Gasteiger partial charge in [0.1, 0.15) is 5.75 Å². The number of carbonyl (C=O) groups excluding carboxylic acids is 1. The molecule has 186 valence electrons. The van der Waals surface area contributed by atoms with E-state index in [-0.39, 0.29) is 35.5 Å². The van der Waals surface area contributed by atoms with Crippen LogP contribution in [-0.2, 0) is 21.0 Å². The Labute approximate surface area is 199 Å². The molecular formula is C22H21F3N4O5S. The minimum Gasteiger partial charge on any atom is -0.497 e. The molecule has 9 nitrogen and oxygen atoms in total. The molecule has 1 saturated heterocycles. The van der Waals surface area contributed by atoms with Gasteiger partial charge in [0.25, 0.3) is 0 Å². The summed E-state index contributed by atoms with van der Waals surface area (Å²) in [4.78, 5) is 12.9. The third-order valence-corrected chi connectivity index (χ3v) is 7.45. The second-order valence-corrected chi connectivity index (χ2v) is 9.79. The van der Waals surface area contributed by atoms with Crippen molar-refractivity contribution >= 4 is 21.9 Å². The first kappa shape index (κ1) is 24.7. The molecule has 1 N–H and O–H groups in total. The summed E-state index contributed by atoms with van der Waals surface area (Å²) in [5.41, 5.74) is -0.568. The average molecular weight is 510 g/mol. The number of sulfonamides is 1. The quantitative estimate of drug-likeness (QED) is 0.536. The van der Waals surface area contributed by atoms with Crippen LogP contribution in [0.3, 0.4) is 0 Å². The highest BCUT2D eigenvalue weighted by Crippen LogP contribution is 2.31. The van der Waals surface area contributed by atoms with Gasteiger partial charge in [-0.1, -0.05) is 5.10 Å². The zero-order valence-electron chi connectivity index (χ0n) is 18.4. The van der Waals surface area contributed by atoms with E-state index in [1.165, 1.54) is 35.7 Å². The summed E-state index contributed by atoms with van der Waals surface area (Å²) in [6.07, 6.45) is -3.53. The lowest BCUT2D eigenvalue weighted by atomic mass is 9.99. The van der Waals surface area contributed by atoms with Gasteiger partial charge in [0.2, 0.25) is 21.8 Å². The van der Waals surface area contributed by atoms with Crippen LogP contribution < -0.4 is 10.1 Å². The predicted octanol–water partition coefficient (Wildman–Crippen LogP) is 3.80. The van der Waals surface area contributed by atoms with E-state index in [1.807, 2.05) is 0 Å². The monoisotopic (exact) mass is 510 g/mol. The number of nitrogens with zero attached hydrogens (tertiary/aromatic N) is 3. The Balaban J connectivity index is 1.41. The molecule has 1 aromatic heterocycles. The molecule has 4 rings (SSSR count). The maximum Gasteiger partial charge on any atom is 0.416 e. The van der Waals surface area contributed by atoms with Gasteiger partial charge >= 0.3 is 12.2 Å². The minimum absolute atomic E-state index is 0.0277. The molecule has 2 aromatic carbocycles. The van der Waals surface area contributed by atoms with Crippen LogP contribution in [0.4, 0.5) is 19.2 Å². The fourth-order valence-corrected chi connectivity index (χ4v) is 5.19. The zero-order valence-corrected chi connectivity index (χ0v) is 19.3. The third-order valence-electron chi connectivity index (χ3n) is 5.57. The molecule has 0 bridgehead atoms. The smallest absolute Gasteiger partial charge is 0.416 e. The molecule has 2 heterocycles. The molecule has 0 radical (unpaired) electrons. The van der Waals surface area contributed by atoms with Gasteiger partial charge in [0, 0.05) is 18.7 Å². The Morgan fingerprint density at radius 1 is 1.11 bits per heavy atom. The SMILES string of the molecule is COc1ccc(S(=O)(=O)N2CCCC(C(=O)Nc3nnc(-c4ccc(C(F)(F)F)cc4)o3)C2)cc1. The van der Waals surface area contributed by atoms with E-state index in [0.29, 0.717) is 18.6 Å². The van der Waals surface area contributed by atoms with Crippen molar-refractivity contribution in [1.82, 2.24) is 14.5 Å². The Kier molecular flexibility index (Phi) is 6.81. The van der Waals surface area contributed by atoms with Crippen LogP contribution in [0.1, 0.15) is 18.4 Å². The minimum atomic E-state index is -4.47. The fourth-order valence-electron chi connectivity index (χ4n) is 3.67. The number of anilines is 1. The second kappa shape index (κ2) is 9.66. The average Bonchev–Trinajstić information content (AvgIpc) is 3.32. The van der Waals surface area contributed by atoms with E-state index >= 15 is 0 Å². The molecule has 1 aliphatic rings. The number of rotatable bonds is 6. The lowest BCUT2D eigenvalue weighted by Gasteiger charge is -2.30. The van der Waals surface area contributed by atoms with Crippen molar-refractivity contribution < 1.29 is 35.5 Å². The number of ether oxygens (including phenoxy) is 1. The topological polar surface area (TPSA) is 115 Å². The summed E-state index contributed by atoms with van der Waals surface area (Å²) in [7, 11) is -2.33.